The van der Waals surface area contributed by atoms with Crippen molar-refractivity contribution in [3.8, 4) is 5.75 Å². The molecular weight excluding hydrogens is 550 g/mol. The SMILES string of the molecule is N=C1/C(=C/c2cn(CCOc3ccc(Br)cc3)c3ccccc23)C(=O)N=C2SC(C3CCCCC3)=NN12. The van der Waals surface area contributed by atoms with Crippen LogP contribution < -0.4 is 4.74 Å². The molecule has 1 N–H and O–H groups in total. The molecule has 0 atom stereocenters. The Hall–Kier alpha value is -3.17. The molecule has 1 aromatic heterocycles. The highest BCUT2D eigenvalue weighted by Crippen LogP contribution is 2.36. The maximum atomic E-state index is 13.0. The van der Waals surface area contributed by atoms with Crippen molar-refractivity contribution in [2.45, 2.75) is 38.6 Å². The number of benzene rings is 2. The monoisotopic (exact) mass is 575 g/mol. The lowest BCUT2D eigenvalue weighted by atomic mass is 9.90. The number of fused-ring (bicyclic) bond motifs is 2. The van der Waals surface area contributed by atoms with Crippen molar-refractivity contribution >= 4 is 66.6 Å². The summed E-state index contributed by atoms with van der Waals surface area (Å²) in [6.07, 6.45) is 9.69. The number of para-hydroxylation sites is 1. The molecule has 3 aliphatic rings. The van der Waals surface area contributed by atoms with Crippen molar-refractivity contribution < 1.29 is 9.53 Å². The van der Waals surface area contributed by atoms with Crippen LogP contribution in [0.25, 0.3) is 17.0 Å². The Balaban J connectivity index is 1.25. The number of nitrogens with zero attached hydrogens (tertiary/aromatic N) is 4. The Morgan fingerprint density at radius 3 is 2.70 bits per heavy atom. The highest BCUT2D eigenvalue weighted by atomic mass is 79.9. The zero-order valence-electron chi connectivity index (χ0n) is 20.2. The van der Waals surface area contributed by atoms with Crippen LogP contribution in [-0.4, -0.2) is 38.1 Å². The van der Waals surface area contributed by atoms with E-state index in [2.05, 4.69) is 31.6 Å². The second-order valence-electron chi connectivity index (χ2n) is 9.39. The van der Waals surface area contributed by atoms with Crippen LogP contribution in [0.3, 0.4) is 0 Å². The van der Waals surface area contributed by atoms with E-state index in [1.54, 1.807) is 6.08 Å². The third-order valence-corrected chi connectivity index (χ3v) is 8.56. The lowest BCUT2D eigenvalue weighted by Crippen LogP contribution is -2.35. The number of aliphatic imine (C=N–C) groups is 1. The zero-order valence-corrected chi connectivity index (χ0v) is 22.6. The van der Waals surface area contributed by atoms with Crippen LogP contribution in [0.1, 0.15) is 37.7 Å². The first-order chi connectivity index (χ1) is 18.1. The molecule has 0 radical (unpaired) electrons. The summed E-state index contributed by atoms with van der Waals surface area (Å²) in [5, 5.41) is 17.6. The Kier molecular flexibility index (Phi) is 6.73. The summed E-state index contributed by atoms with van der Waals surface area (Å²) < 4.78 is 9.06. The first-order valence-corrected chi connectivity index (χ1v) is 14.1. The van der Waals surface area contributed by atoms with Crippen LogP contribution >= 0.6 is 27.7 Å². The Morgan fingerprint density at radius 1 is 1.11 bits per heavy atom. The molecule has 0 saturated heterocycles. The standard InChI is InChI=1S/C28H26BrN5O2S/c29-20-10-12-21(13-11-20)36-15-14-33-17-19(22-8-4-5-9-24(22)33)16-23-25(30)34-28(31-26(23)35)37-27(32-34)18-6-2-1-3-7-18/h4-5,8-13,16-18,30H,1-3,6-7,14-15H2/b23-16-,30-25?. The van der Waals surface area contributed by atoms with Crippen molar-refractivity contribution in [3.63, 3.8) is 0 Å². The number of nitrogens with one attached hydrogen (secondary N) is 1. The van der Waals surface area contributed by atoms with E-state index in [4.69, 9.17) is 15.2 Å². The van der Waals surface area contributed by atoms with Gasteiger partial charge in [-0.2, -0.15) is 15.1 Å². The Bertz CT molecular complexity index is 1470. The summed E-state index contributed by atoms with van der Waals surface area (Å²) in [6.45, 7) is 1.15. The van der Waals surface area contributed by atoms with E-state index in [9.17, 15) is 4.79 Å². The summed E-state index contributed by atoms with van der Waals surface area (Å²) >= 11 is 4.89. The van der Waals surface area contributed by atoms with E-state index in [1.165, 1.54) is 36.0 Å². The van der Waals surface area contributed by atoms with Gasteiger partial charge >= 0.3 is 0 Å². The van der Waals surface area contributed by atoms with Crippen molar-refractivity contribution in [2.75, 3.05) is 6.61 Å². The van der Waals surface area contributed by atoms with Gasteiger partial charge in [-0.25, -0.2) is 0 Å². The summed E-state index contributed by atoms with van der Waals surface area (Å²) in [7, 11) is 0. The molecule has 9 heteroatoms. The van der Waals surface area contributed by atoms with Gasteiger partial charge in [-0.05, 0) is 61.0 Å². The number of carbonyl (C=O) groups excluding carboxylic acids is 1. The lowest BCUT2D eigenvalue weighted by molar-refractivity contribution is -0.114. The van der Waals surface area contributed by atoms with Crippen LogP contribution in [0.15, 0.2) is 74.9 Å². The van der Waals surface area contributed by atoms with Gasteiger partial charge in [0.05, 0.1) is 12.1 Å². The maximum absolute atomic E-state index is 13.0. The van der Waals surface area contributed by atoms with Crippen molar-refractivity contribution in [1.29, 1.82) is 5.41 Å². The molecule has 188 valence electrons. The molecule has 1 saturated carbocycles. The van der Waals surface area contributed by atoms with Crippen molar-refractivity contribution in [3.05, 3.63) is 70.3 Å². The third kappa shape index (κ3) is 4.90. The highest BCUT2D eigenvalue weighted by Gasteiger charge is 2.38. The number of aromatic nitrogens is 1. The molecular formula is C28H26BrN5O2S. The first kappa shape index (κ1) is 24.2. The van der Waals surface area contributed by atoms with E-state index in [0.29, 0.717) is 24.2 Å². The van der Waals surface area contributed by atoms with Crippen LogP contribution in [0.5, 0.6) is 5.75 Å². The molecule has 7 nitrogen and oxygen atoms in total. The molecule has 6 rings (SSSR count). The number of hydrazone groups is 1. The first-order valence-electron chi connectivity index (χ1n) is 12.5. The van der Waals surface area contributed by atoms with E-state index in [0.717, 1.165) is 44.6 Å². The fourth-order valence-corrected chi connectivity index (χ4v) is 6.37. The van der Waals surface area contributed by atoms with Gasteiger partial charge in [-0.3, -0.25) is 10.2 Å². The number of carbonyl (C=O) groups is 1. The van der Waals surface area contributed by atoms with Gasteiger partial charge in [0.15, 0.2) is 5.84 Å². The van der Waals surface area contributed by atoms with Crippen LogP contribution in [-0.2, 0) is 11.3 Å². The van der Waals surface area contributed by atoms with Gasteiger partial charge in [0.1, 0.15) is 17.4 Å². The predicted molar refractivity (Wildman–Crippen MR) is 153 cm³/mol. The van der Waals surface area contributed by atoms with Crippen LogP contribution in [0.2, 0.25) is 0 Å². The van der Waals surface area contributed by atoms with Crippen molar-refractivity contribution in [1.82, 2.24) is 9.58 Å². The number of ether oxygens (including phenoxy) is 1. The van der Waals surface area contributed by atoms with E-state index in [1.807, 2.05) is 48.7 Å². The molecule has 37 heavy (non-hydrogen) atoms. The molecule has 3 heterocycles. The number of amides is 1. The fraction of sp³-hybridized carbons (Fsp3) is 0.286. The molecule has 3 aromatic rings. The average Bonchev–Trinajstić information content (AvgIpc) is 3.50. The minimum Gasteiger partial charge on any atom is -0.492 e. The number of amidine groups is 2. The van der Waals surface area contributed by atoms with Gasteiger partial charge < -0.3 is 9.30 Å². The van der Waals surface area contributed by atoms with E-state index in [-0.39, 0.29) is 17.3 Å². The maximum Gasteiger partial charge on any atom is 0.283 e. The lowest BCUT2D eigenvalue weighted by Gasteiger charge is -2.20. The van der Waals surface area contributed by atoms with Gasteiger partial charge in [0, 0.05) is 33.1 Å². The normalized spacial score (nSPS) is 19.4. The topological polar surface area (TPSA) is 83.0 Å². The molecule has 0 spiro atoms. The van der Waals surface area contributed by atoms with E-state index < -0.39 is 0 Å². The molecule has 0 unspecified atom stereocenters. The largest absolute Gasteiger partial charge is 0.492 e. The molecule has 0 bridgehead atoms. The van der Waals surface area contributed by atoms with E-state index >= 15 is 0 Å². The predicted octanol–water partition coefficient (Wildman–Crippen LogP) is 6.68. The summed E-state index contributed by atoms with van der Waals surface area (Å²) in [5.41, 5.74) is 2.17. The van der Waals surface area contributed by atoms with Gasteiger partial charge in [0.25, 0.3) is 5.91 Å². The third-order valence-electron chi connectivity index (χ3n) is 6.96. The number of thioether (sulfide) groups is 1. The number of hydrogen-bond acceptors (Lipinski definition) is 5. The summed E-state index contributed by atoms with van der Waals surface area (Å²) in [5.74, 6) is 0.913. The number of hydrogen-bond donors (Lipinski definition) is 1. The van der Waals surface area contributed by atoms with Crippen LogP contribution in [0, 0.1) is 11.3 Å². The fourth-order valence-electron chi connectivity index (χ4n) is 5.04. The molecule has 1 aliphatic carbocycles. The number of rotatable bonds is 6. The second-order valence-corrected chi connectivity index (χ2v) is 11.3. The molecule has 1 fully saturated rings. The van der Waals surface area contributed by atoms with Gasteiger partial charge in [0.2, 0.25) is 5.17 Å². The summed E-state index contributed by atoms with van der Waals surface area (Å²) in [6, 6.07) is 15.8. The minimum atomic E-state index is -0.390. The van der Waals surface area contributed by atoms with Gasteiger partial charge in [-0.15, -0.1) is 0 Å². The smallest absolute Gasteiger partial charge is 0.283 e. The molecule has 1 amide bonds. The van der Waals surface area contributed by atoms with Crippen molar-refractivity contribution in [2.24, 2.45) is 16.0 Å². The van der Waals surface area contributed by atoms with Crippen LogP contribution in [0.4, 0.5) is 0 Å². The Labute approximate surface area is 227 Å². The highest BCUT2D eigenvalue weighted by molar-refractivity contribution is 9.10. The molecule has 2 aliphatic heterocycles. The average molecular weight is 577 g/mol. The second kappa shape index (κ2) is 10.3. The summed E-state index contributed by atoms with van der Waals surface area (Å²) in [4.78, 5) is 17.3. The van der Waals surface area contributed by atoms with Gasteiger partial charge in [-0.1, -0.05) is 53.4 Å². The number of halogens is 1. The Morgan fingerprint density at radius 2 is 1.89 bits per heavy atom. The quantitative estimate of drug-likeness (QED) is 0.332. The zero-order chi connectivity index (χ0) is 25.4. The minimum absolute atomic E-state index is 0.0868. The molecule has 2 aromatic carbocycles.